The Morgan fingerprint density at radius 1 is 0.704 bits per heavy atom. The summed E-state index contributed by atoms with van der Waals surface area (Å²) in [5.74, 6) is 6.87. The highest BCUT2D eigenvalue weighted by Crippen LogP contribution is 2.33. The molecule has 0 saturated carbocycles. The number of hydrogen-bond donors (Lipinski definition) is 0. The van der Waals surface area contributed by atoms with Crippen molar-refractivity contribution in [2.45, 2.75) is 19.8 Å². The molecular weight excluding hydrogens is 328 g/mol. The zero-order valence-electron chi connectivity index (χ0n) is 15.3. The minimum absolute atomic E-state index is 0.201. The van der Waals surface area contributed by atoms with E-state index in [1.54, 1.807) is 0 Å². The van der Waals surface area contributed by atoms with Gasteiger partial charge >= 0.3 is 0 Å². The maximum Gasteiger partial charge on any atom is 0.164 e. The molecule has 4 rings (SSSR count). The number of carbonyl (C=O) groups excluding carboxylic acids is 1. The molecule has 0 heterocycles. The second-order valence-electron chi connectivity index (χ2n) is 6.63. The molecule has 27 heavy (non-hydrogen) atoms. The van der Waals surface area contributed by atoms with Gasteiger partial charge in [-0.25, -0.2) is 0 Å². The predicted octanol–water partition coefficient (Wildman–Crippen LogP) is 6.38. The molecule has 0 aliphatic carbocycles. The van der Waals surface area contributed by atoms with Crippen molar-refractivity contribution in [1.29, 1.82) is 0 Å². The quantitative estimate of drug-likeness (QED) is 0.239. The molecule has 1 heteroatoms. The minimum atomic E-state index is 0.201. The Morgan fingerprint density at radius 3 is 1.78 bits per heavy atom. The average Bonchev–Trinajstić information content (AvgIpc) is 2.72. The summed E-state index contributed by atoms with van der Waals surface area (Å²) in [7, 11) is 0. The molecule has 0 aliphatic heterocycles. The molecule has 0 bridgehead atoms. The van der Waals surface area contributed by atoms with Crippen molar-refractivity contribution in [1.82, 2.24) is 0 Å². The van der Waals surface area contributed by atoms with Crippen LogP contribution in [0.1, 0.15) is 41.3 Å². The van der Waals surface area contributed by atoms with Crippen LogP contribution in [0.15, 0.2) is 78.9 Å². The van der Waals surface area contributed by atoms with E-state index in [-0.39, 0.29) is 5.78 Å². The Balaban J connectivity index is 2.06. The van der Waals surface area contributed by atoms with Crippen molar-refractivity contribution in [3.05, 3.63) is 95.6 Å². The normalized spacial score (nSPS) is 10.6. The molecule has 4 aromatic carbocycles. The molecule has 0 aliphatic rings. The third-order valence-electron chi connectivity index (χ3n) is 4.79. The molecule has 0 atom stereocenters. The monoisotopic (exact) mass is 348 g/mol. The van der Waals surface area contributed by atoms with Crippen LogP contribution in [0.4, 0.5) is 0 Å². The fourth-order valence-electron chi connectivity index (χ4n) is 3.57. The van der Waals surface area contributed by atoms with Gasteiger partial charge in [-0.05, 0) is 40.1 Å². The molecule has 0 aromatic heterocycles. The second-order valence-corrected chi connectivity index (χ2v) is 6.63. The minimum Gasteiger partial charge on any atom is -0.294 e. The van der Waals surface area contributed by atoms with Crippen LogP contribution in [0.2, 0.25) is 0 Å². The number of fused-ring (bicyclic) bond motifs is 2. The number of Topliss-reactive ketones (excluding diaryl/α,β-unsaturated/α-hetero) is 1. The summed E-state index contributed by atoms with van der Waals surface area (Å²) in [6.07, 6.45) is 1.40. The number of rotatable bonds is 3. The number of carbonyl (C=O) groups is 1. The number of hydrogen-bond acceptors (Lipinski definition) is 1. The van der Waals surface area contributed by atoms with E-state index in [0.717, 1.165) is 44.7 Å². The first-order valence-corrected chi connectivity index (χ1v) is 9.33. The highest BCUT2D eigenvalue weighted by Gasteiger charge is 2.17. The lowest BCUT2D eigenvalue weighted by Gasteiger charge is -2.13. The molecule has 1 nitrogen and oxygen atoms in total. The van der Waals surface area contributed by atoms with E-state index < -0.39 is 0 Å². The van der Waals surface area contributed by atoms with Gasteiger partial charge in [0.2, 0.25) is 0 Å². The molecular formula is C26H20O. The fraction of sp³-hybridized carbons (Fsp3) is 0.115. The Hall–Kier alpha value is -3.37. The maximum absolute atomic E-state index is 12.9. The summed E-state index contributed by atoms with van der Waals surface area (Å²) >= 11 is 0. The molecule has 0 N–H and O–H groups in total. The molecule has 130 valence electrons. The molecule has 4 aromatic rings. The van der Waals surface area contributed by atoms with Gasteiger partial charge in [0, 0.05) is 23.1 Å². The number of benzene rings is 4. The summed E-state index contributed by atoms with van der Waals surface area (Å²) in [6.45, 7) is 2.04. The first-order chi connectivity index (χ1) is 13.3. The summed E-state index contributed by atoms with van der Waals surface area (Å²) in [5.41, 5.74) is 2.79. The zero-order chi connectivity index (χ0) is 18.6. The molecule has 0 amide bonds. The van der Waals surface area contributed by atoms with Gasteiger partial charge in [-0.15, -0.1) is 0 Å². The van der Waals surface area contributed by atoms with Gasteiger partial charge in [-0.2, -0.15) is 0 Å². The van der Waals surface area contributed by atoms with E-state index in [2.05, 4.69) is 24.0 Å². The van der Waals surface area contributed by atoms with Gasteiger partial charge in [-0.1, -0.05) is 85.5 Å². The molecule has 0 spiro atoms. The third-order valence-corrected chi connectivity index (χ3v) is 4.79. The van der Waals surface area contributed by atoms with Crippen molar-refractivity contribution in [2.24, 2.45) is 0 Å². The van der Waals surface area contributed by atoms with E-state index in [4.69, 9.17) is 0 Å². The lowest BCUT2D eigenvalue weighted by Crippen LogP contribution is -2.02. The molecule has 0 unspecified atom stereocenters. The predicted molar refractivity (Wildman–Crippen MR) is 113 cm³/mol. The first kappa shape index (κ1) is 17.1. The van der Waals surface area contributed by atoms with Crippen LogP contribution in [0, 0.1) is 11.8 Å². The standard InChI is InChI=1S/C26H20O/c1-2-10-25(27)26-23-15-8-6-13-20(23)22(21-14-7-9-16-24(21)26)18-17-19-11-4-3-5-12-19/h3-9,11-16H,2,10H2,1H3. The van der Waals surface area contributed by atoms with Crippen LogP contribution < -0.4 is 0 Å². The Bertz CT molecular complexity index is 1130. The van der Waals surface area contributed by atoms with E-state index in [0.29, 0.717) is 6.42 Å². The lowest BCUT2D eigenvalue weighted by molar-refractivity contribution is 0.0985. The van der Waals surface area contributed by atoms with Gasteiger partial charge < -0.3 is 0 Å². The van der Waals surface area contributed by atoms with E-state index >= 15 is 0 Å². The summed E-state index contributed by atoms with van der Waals surface area (Å²) in [4.78, 5) is 12.9. The Kier molecular flexibility index (Phi) is 4.73. The molecule has 0 radical (unpaired) electrons. The Labute approximate surface area is 159 Å². The van der Waals surface area contributed by atoms with Gasteiger partial charge in [0.05, 0.1) is 0 Å². The van der Waals surface area contributed by atoms with Crippen molar-refractivity contribution in [3.8, 4) is 11.8 Å². The first-order valence-electron chi connectivity index (χ1n) is 9.33. The van der Waals surface area contributed by atoms with Crippen LogP contribution in [0.3, 0.4) is 0 Å². The van der Waals surface area contributed by atoms with E-state index in [1.807, 2.05) is 73.7 Å². The lowest BCUT2D eigenvalue weighted by atomic mass is 9.89. The topological polar surface area (TPSA) is 17.1 Å². The zero-order valence-corrected chi connectivity index (χ0v) is 15.3. The van der Waals surface area contributed by atoms with Crippen molar-refractivity contribution >= 4 is 27.3 Å². The second kappa shape index (κ2) is 7.48. The van der Waals surface area contributed by atoms with Crippen LogP contribution in [0.5, 0.6) is 0 Å². The van der Waals surface area contributed by atoms with E-state index in [9.17, 15) is 4.79 Å². The van der Waals surface area contributed by atoms with Crippen molar-refractivity contribution < 1.29 is 4.79 Å². The molecule has 0 fully saturated rings. The fourth-order valence-corrected chi connectivity index (χ4v) is 3.57. The van der Waals surface area contributed by atoms with Crippen molar-refractivity contribution in [3.63, 3.8) is 0 Å². The maximum atomic E-state index is 12.9. The highest BCUT2D eigenvalue weighted by atomic mass is 16.1. The van der Waals surface area contributed by atoms with Crippen LogP contribution in [-0.4, -0.2) is 5.78 Å². The number of ketones is 1. The largest absolute Gasteiger partial charge is 0.294 e. The van der Waals surface area contributed by atoms with Crippen LogP contribution in [-0.2, 0) is 0 Å². The third kappa shape index (κ3) is 3.23. The summed E-state index contributed by atoms with van der Waals surface area (Å²) < 4.78 is 0. The smallest absolute Gasteiger partial charge is 0.164 e. The average molecular weight is 348 g/mol. The summed E-state index contributed by atoms with van der Waals surface area (Å²) in [6, 6.07) is 26.2. The van der Waals surface area contributed by atoms with Gasteiger partial charge in [-0.3, -0.25) is 4.79 Å². The van der Waals surface area contributed by atoms with Crippen LogP contribution >= 0.6 is 0 Å². The molecule has 0 saturated heterocycles. The van der Waals surface area contributed by atoms with Gasteiger partial charge in [0.15, 0.2) is 5.78 Å². The Morgan fingerprint density at radius 2 is 1.22 bits per heavy atom. The van der Waals surface area contributed by atoms with Gasteiger partial charge in [0.25, 0.3) is 0 Å². The SMILES string of the molecule is CCCC(=O)c1c2ccccc2c(C#Cc2ccccc2)c2ccccc12. The van der Waals surface area contributed by atoms with Gasteiger partial charge in [0.1, 0.15) is 0 Å². The van der Waals surface area contributed by atoms with Crippen LogP contribution in [0.25, 0.3) is 21.5 Å². The highest BCUT2D eigenvalue weighted by molar-refractivity contribution is 6.21. The summed E-state index contributed by atoms with van der Waals surface area (Å²) in [5, 5.41) is 4.07. The van der Waals surface area contributed by atoms with Crippen molar-refractivity contribution in [2.75, 3.05) is 0 Å². The van der Waals surface area contributed by atoms with E-state index in [1.165, 1.54) is 0 Å².